The Labute approximate surface area is 216 Å². The number of amides is 1. The van der Waals surface area contributed by atoms with Crippen molar-refractivity contribution < 1.29 is 9.53 Å². The molecule has 3 aromatic rings. The molecule has 10 nitrogen and oxygen atoms in total. The zero-order valence-corrected chi connectivity index (χ0v) is 21.3. The summed E-state index contributed by atoms with van der Waals surface area (Å²) in [6.45, 7) is 7.47. The van der Waals surface area contributed by atoms with Gasteiger partial charge in [0, 0.05) is 62.0 Å². The Kier molecular flexibility index (Phi) is 7.99. The fourth-order valence-electron chi connectivity index (χ4n) is 4.11. The van der Waals surface area contributed by atoms with Gasteiger partial charge in [-0.3, -0.25) is 10.2 Å². The molecule has 0 saturated carbocycles. The minimum atomic E-state index is -0.318. The lowest BCUT2D eigenvalue weighted by atomic mass is 10.0. The van der Waals surface area contributed by atoms with Crippen LogP contribution in [0.5, 0.6) is 5.75 Å². The SMILES string of the molecule is C=CC(=O)Nc1ccc(OC)c(Nc2nccc(C(=N)c3ccc(N4CCN(C)CC4)cc3NC)n2)c1. The average Bonchev–Trinajstić information content (AvgIpc) is 2.93. The summed E-state index contributed by atoms with van der Waals surface area (Å²) in [5, 5.41) is 18.0. The smallest absolute Gasteiger partial charge is 0.247 e. The van der Waals surface area contributed by atoms with Gasteiger partial charge in [0.15, 0.2) is 0 Å². The second-order valence-corrected chi connectivity index (χ2v) is 8.64. The number of nitrogens with zero attached hydrogens (tertiary/aromatic N) is 4. The molecule has 1 aliphatic rings. The zero-order chi connectivity index (χ0) is 26.4. The fraction of sp³-hybridized carbons (Fsp3) is 0.259. The summed E-state index contributed by atoms with van der Waals surface area (Å²) in [7, 11) is 5.55. The van der Waals surface area contributed by atoms with Gasteiger partial charge in [0.25, 0.3) is 0 Å². The van der Waals surface area contributed by atoms with E-state index in [2.05, 4.69) is 61.5 Å². The van der Waals surface area contributed by atoms with E-state index in [0.717, 1.165) is 43.1 Å². The van der Waals surface area contributed by atoms with Gasteiger partial charge >= 0.3 is 0 Å². The lowest BCUT2D eigenvalue weighted by Gasteiger charge is -2.34. The van der Waals surface area contributed by atoms with Gasteiger partial charge in [-0.25, -0.2) is 9.97 Å². The van der Waals surface area contributed by atoms with E-state index in [0.29, 0.717) is 28.8 Å². The van der Waals surface area contributed by atoms with Gasteiger partial charge in [0.2, 0.25) is 11.9 Å². The first-order chi connectivity index (χ1) is 17.9. The number of benzene rings is 2. The highest BCUT2D eigenvalue weighted by Gasteiger charge is 2.18. The van der Waals surface area contributed by atoms with Crippen LogP contribution in [0.15, 0.2) is 61.3 Å². The largest absolute Gasteiger partial charge is 0.495 e. The number of carbonyl (C=O) groups excluding carboxylic acids is 1. The molecule has 37 heavy (non-hydrogen) atoms. The highest BCUT2D eigenvalue weighted by atomic mass is 16.5. The number of anilines is 5. The molecule has 4 N–H and O–H groups in total. The van der Waals surface area contributed by atoms with Crippen molar-refractivity contribution in [3.63, 3.8) is 0 Å². The molecular formula is C27H32N8O2. The van der Waals surface area contributed by atoms with E-state index in [9.17, 15) is 4.79 Å². The van der Waals surface area contributed by atoms with Crippen LogP contribution in [0.25, 0.3) is 0 Å². The van der Waals surface area contributed by atoms with E-state index >= 15 is 0 Å². The Morgan fingerprint density at radius 1 is 1.11 bits per heavy atom. The molecule has 1 aliphatic heterocycles. The number of methoxy groups -OCH3 is 1. The molecule has 4 rings (SSSR count). The van der Waals surface area contributed by atoms with Crippen LogP contribution in [-0.2, 0) is 4.79 Å². The number of aromatic nitrogens is 2. The molecule has 0 bridgehead atoms. The van der Waals surface area contributed by atoms with Crippen LogP contribution < -0.4 is 25.6 Å². The lowest BCUT2D eigenvalue weighted by Crippen LogP contribution is -2.44. The third-order valence-corrected chi connectivity index (χ3v) is 6.22. The molecule has 1 saturated heterocycles. The first-order valence-corrected chi connectivity index (χ1v) is 12.0. The molecule has 10 heteroatoms. The van der Waals surface area contributed by atoms with Gasteiger partial charge in [0.05, 0.1) is 24.2 Å². The predicted molar refractivity (Wildman–Crippen MR) is 149 cm³/mol. The molecule has 2 aromatic carbocycles. The summed E-state index contributed by atoms with van der Waals surface area (Å²) in [5.74, 6) is 0.534. The molecule has 2 heterocycles. The summed E-state index contributed by atoms with van der Waals surface area (Å²) in [4.78, 5) is 25.3. The topological polar surface area (TPSA) is 118 Å². The van der Waals surface area contributed by atoms with Crippen LogP contribution >= 0.6 is 0 Å². The second-order valence-electron chi connectivity index (χ2n) is 8.64. The van der Waals surface area contributed by atoms with Gasteiger partial charge in [-0.05, 0) is 55.6 Å². The van der Waals surface area contributed by atoms with Crippen molar-refractivity contribution in [2.24, 2.45) is 0 Å². The number of ether oxygens (including phenoxy) is 1. The Balaban J connectivity index is 1.57. The number of piperazine rings is 1. The minimum absolute atomic E-state index is 0.277. The molecule has 0 spiro atoms. The van der Waals surface area contributed by atoms with Crippen molar-refractivity contribution in [3.8, 4) is 5.75 Å². The molecular weight excluding hydrogens is 468 g/mol. The van der Waals surface area contributed by atoms with E-state index in [1.807, 2.05) is 13.1 Å². The Bertz CT molecular complexity index is 1300. The van der Waals surface area contributed by atoms with Gasteiger partial charge in [-0.1, -0.05) is 6.58 Å². The summed E-state index contributed by atoms with van der Waals surface area (Å²) in [6, 6.07) is 13.0. The molecule has 1 amide bonds. The maximum Gasteiger partial charge on any atom is 0.247 e. The third kappa shape index (κ3) is 6.04. The monoisotopic (exact) mass is 500 g/mol. The van der Waals surface area contributed by atoms with E-state index in [1.165, 1.54) is 6.08 Å². The van der Waals surface area contributed by atoms with Crippen LogP contribution in [0.1, 0.15) is 11.3 Å². The summed E-state index contributed by atoms with van der Waals surface area (Å²) in [5.41, 5.74) is 4.62. The maximum atomic E-state index is 11.7. The molecule has 0 atom stereocenters. The normalized spacial score (nSPS) is 13.5. The van der Waals surface area contributed by atoms with E-state index < -0.39 is 0 Å². The highest BCUT2D eigenvalue weighted by molar-refractivity contribution is 6.13. The third-order valence-electron chi connectivity index (χ3n) is 6.22. The molecule has 1 aromatic heterocycles. The van der Waals surface area contributed by atoms with Gasteiger partial charge in [-0.15, -0.1) is 0 Å². The van der Waals surface area contributed by atoms with Crippen molar-refractivity contribution in [1.29, 1.82) is 5.41 Å². The molecule has 0 radical (unpaired) electrons. The minimum Gasteiger partial charge on any atom is -0.495 e. The van der Waals surface area contributed by atoms with Crippen LogP contribution in [-0.4, -0.2) is 73.9 Å². The number of carbonyl (C=O) groups is 1. The number of likely N-dealkylation sites (N-methyl/N-ethyl adjacent to an activating group) is 1. The van der Waals surface area contributed by atoms with Crippen molar-refractivity contribution in [3.05, 3.63) is 72.6 Å². The number of rotatable bonds is 9. The van der Waals surface area contributed by atoms with Crippen LogP contribution in [0, 0.1) is 5.41 Å². The van der Waals surface area contributed by atoms with Crippen molar-refractivity contribution in [2.75, 3.05) is 68.2 Å². The van der Waals surface area contributed by atoms with Gasteiger partial charge in [-0.2, -0.15) is 0 Å². The molecule has 0 aliphatic carbocycles. The van der Waals surface area contributed by atoms with Gasteiger partial charge < -0.3 is 30.5 Å². The van der Waals surface area contributed by atoms with E-state index in [4.69, 9.17) is 10.1 Å². The van der Waals surface area contributed by atoms with Crippen molar-refractivity contribution in [1.82, 2.24) is 14.9 Å². The lowest BCUT2D eigenvalue weighted by molar-refractivity contribution is -0.111. The summed E-state index contributed by atoms with van der Waals surface area (Å²) >= 11 is 0. The average molecular weight is 501 g/mol. The predicted octanol–water partition coefficient (Wildman–Crippen LogP) is 3.56. The molecule has 1 fully saturated rings. The van der Waals surface area contributed by atoms with Crippen molar-refractivity contribution in [2.45, 2.75) is 0 Å². The Morgan fingerprint density at radius 3 is 2.59 bits per heavy atom. The Morgan fingerprint density at radius 2 is 1.89 bits per heavy atom. The van der Waals surface area contributed by atoms with Crippen molar-refractivity contribution >= 4 is 40.3 Å². The summed E-state index contributed by atoms with van der Waals surface area (Å²) < 4.78 is 5.44. The number of hydrogen-bond donors (Lipinski definition) is 4. The fourth-order valence-corrected chi connectivity index (χ4v) is 4.11. The number of hydrogen-bond acceptors (Lipinski definition) is 9. The summed E-state index contributed by atoms with van der Waals surface area (Å²) in [6.07, 6.45) is 2.80. The molecule has 0 unspecified atom stereocenters. The molecule has 192 valence electrons. The van der Waals surface area contributed by atoms with E-state index in [1.54, 1.807) is 37.6 Å². The quantitative estimate of drug-likeness (QED) is 0.260. The Hall–Kier alpha value is -4.44. The maximum absolute atomic E-state index is 11.7. The van der Waals surface area contributed by atoms with Crippen LogP contribution in [0.3, 0.4) is 0 Å². The van der Waals surface area contributed by atoms with Gasteiger partial charge in [0.1, 0.15) is 5.75 Å². The first-order valence-electron chi connectivity index (χ1n) is 12.0. The van der Waals surface area contributed by atoms with Crippen LogP contribution in [0.2, 0.25) is 0 Å². The zero-order valence-electron chi connectivity index (χ0n) is 21.3. The highest BCUT2D eigenvalue weighted by Crippen LogP contribution is 2.30. The van der Waals surface area contributed by atoms with Crippen LogP contribution in [0.4, 0.5) is 28.7 Å². The first kappa shape index (κ1) is 25.6. The second kappa shape index (κ2) is 11.5. The number of nitrogens with one attached hydrogen (secondary N) is 4. The van der Waals surface area contributed by atoms with E-state index in [-0.39, 0.29) is 11.6 Å². The standard InChI is InChI=1S/C27H32N8O2/c1-5-25(36)31-18-6-9-24(37-4)23(16-18)33-27-30-11-10-21(32-27)26(28)20-8-7-19(17-22(20)29-2)35-14-12-34(3)13-15-35/h5-11,16-17,28-29H,1,12-15H2,2-4H3,(H,31,36)(H,30,32,33).